The van der Waals surface area contributed by atoms with Gasteiger partial charge in [-0.3, -0.25) is 4.79 Å². The number of hydrazone groups is 1. The van der Waals surface area contributed by atoms with Crippen LogP contribution in [0.5, 0.6) is 23.0 Å². The number of ether oxygens (including phenoxy) is 5. The molecule has 2 rings (SSSR count). The van der Waals surface area contributed by atoms with E-state index >= 15 is 0 Å². The summed E-state index contributed by atoms with van der Waals surface area (Å²) in [6, 6.07) is 9.73. The summed E-state index contributed by atoms with van der Waals surface area (Å²) in [4.78, 5) is 23.7. The highest BCUT2D eigenvalue weighted by Crippen LogP contribution is 2.37. The van der Waals surface area contributed by atoms with Crippen LogP contribution in [0.1, 0.15) is 29.3 Å². The van der Waals surface area contributed by atoms with E-state index in [0.29, 0.717) is 40.7 Å². The lowest BCUT2D eigenvalue weighted by molar-refractivity contribution is -0.123. The molecule has 0 unspecified atom stereocenters. The van der Waals surface area contributed by atoms with Crippen molar-refractivity contribution in [2.75, 3.05) is 34.5 Å². The molecule has 0 radical (unpaired) electrons. The number of rotatable bonds is 11. The summed E-state index contributed by atoms with van der Waals surface area (Å²) in [6.07, 6.45) is 2.20. The molecule has 0 spiro atoms. The molecule has 2 aromatic carbocycles. The van der Waals surface area contributed by atoms with Gasteiger partial charge in [-0.25, -0.2) is 10.2 Å². The summed E-state index contributed by atoms with van der Waals surface area (Å²) in [5.41, 5.74) is 3.43. The van der Waals surface area contributed by atoms with Crippen molar-refractivity contribution in [1.82, 2.24) is 5.43 Å². The van der Waals surface area contributed by atoms with Crippen molar-refractivity contribution >= 4 is 18.1 Å². The van der Waals surface area contributed by atoms with Crippen molar-refractivity contribution < 1.29 is 33.3 Å². The molecule has 1 N–H and O–H groups in total. The molecule has 0 atom stereocenters. The van der Waals surface area contributed by atoms with Crippen LogP contribution >= 0.6 is 0 Å². The molecule has 9 heteroatoms. The minimum absolute atomic E-state index is 0.244. The van der Waals surface area contributed by atoms with E-state index in [0.717, 1.165) is 6.42 Å². The normalized spacial score (nSPS) is 10.5. The Morgan fingerprint density at radius 3 is 2.19 bits per heavy atom. The van der Waals surface area contributed by atoms with E-state index in [2.05, 4.69) is 10.5 Å². The Bertz CT molecular complexity index is 886. The highest BCUT2D eigenvalue weighted by atomic mass is 16.5. The monoisotopic (exact) mass is 430 g/mol. The molecule has 31 heavy (non-hydrogen) atoms. The van der Waals surface area contributed by atoms with E-state index in [4.69, 9.17) is 23.7 Å². The molecule has 2 aromatic rings. The van der Waals surface area contributed by atoms with Crippen LogP contribution in [0.15, 0.2) is 41.5 Å². The van der Waals surface area contributed by atoms with Crippen LogP contribution in [0.2, 0.25) is 0 Å². The SMILES string of the molecule is CCCOC(=O)c1ccc(OCC(=O)NN=Cc2cc(OC)c(OC)c(OC)c2)cc1. The van der Waals surface area contributed by atoms with Crippen LogP contribution in [0.25, 0.3) is 0 Å². The molecule has 0 saturated heterocycles. The van der Waals surface area contributed by atoms with Gasteiger partial charge < -0.3 is 23.7 Å². The van der Waals surface area contributed by atoms with Gasteiger partial charge >= 0.3 is 5.97 Å². The third kappa shape index (κ3) is 6.91. The zero-order valence-corrected chi connectivity index (χ0v) is 18.0. The predicted molar refractivity (Wildman–Crippen MR) is 114 cm³/mol. The molecule has 1 amide bonds. The number of hydrogen-bond acceptors (Lipinski definition) is 8. The van der Waals surface area contributed by atoms with Gasteiger partial charge in [-0.05, 0) is 42.8 Å². The molecule has 0 bridgehead atoms. The average molecular weight is 430 g/mol. The zero-order chi connectivity index (χ0) is 22.6. The zero-order valence-electron chi connectivity index (χ0n) is 18.0. The van der Waals surface area contributed by atoms with Gasteiger partial charge in [0.15, 0.2) is 18.1 Å². The van der Waals surface area contributed by atoms with Crippen LogP contribution in [0.3, 0.4) is 0 Å². The second kappa shape index (κ2) is 12.1. The van der Waals surface area contributed by atoms with Crippen molar-refractivity contribution in [2.24, 2.45) is 5.10 Å². The Kier molecular flexibility index (Phi) is 9.15. The standard InChI is InChI=1S/C22H26N2O7/c1-5-10-30-22(26)16-6-8-17(9-7-16)31-14-20(25)24-23-13-15-11-18(27-2)21(29-4)19(12-15)28-3/h6-9,11-13H,5,10,14H2,1-4H3,(H,24,25). The Morgan fingerprint density at radius 1 is 1.00 bits per heavy atom. The van der Waals surface area contributed by atoms with Crippen molar-refractivity contribution in [1.29, 1.82) is 0 Å². The van der Waals surface area contributed by atoms with Crippen molar-refractivity contribution in [3.05, 3.63) is 47.5 Å². The van der Waals surface area contributed by atoms with Crippen LogP contribution in [0, 0.1) is 0 Å². The number of methoxy groups -OCH3 is 3. The summed E-state index contributed by atoms with van der Waals surface area (Å²) < 4.78 is 26.3. The number of carbonyl (C=O) groups excluding carboxylic acids is 2. The third-order valence-corrected chi connectivity index (χ3v) is 3.99. The molecular formula is C22H26N2O7. The van der Waals surface area contributed by atoms with Gasteiger partial charge in [-0.1, -0.05) is 6.92 Å². The van der Waals surface area contributed by atoms with Crippen LogP contribution in [0.4, 0.5) is 0 Å². The first-order valence-corrected chi connectivity index (χ1v) is 9.54. The number of nitrogens with one attached hydrogen (secondary N) is 1. The second-order valence-corrected chi connectivity index (χ2v) is 6.20. The maximum atomic E-state index is 12.0. The molecule has 0 fully saturated rings. The first-order chi connectivity index (χ1) is 15.0. The van der Waals surface area contributed by atoms with Gasteiger partial charge in [-0.15, -0.1) is 0 Å². The van der Waals surface area contributed by atoms with Crippen LogP contribution in [-0.2, 0) is 9.53 Å². The maximum absolute atomic E-state index is 12.0. The number of amides is 1. The largest absolute Gasteiger partial charge is 0.493 e. The molecule has 166 valence electrons. The van der Waals surface area contributed by atoms with E-state index < -0.39 is 11.9 Å². The van der Waals surface area contributed by atoms with E-state index in [1.165, 1.54) is 27.5 Å². The summed E-state index contributed by atoms with van der Waals surface area (Å²) in [5.74, 6) is 1.00. The van der Waals surface area contributed by atoms with Gasteiger partial charge in [0, 0.05) is 5.56 Å². The van der Waals surface area contributed by atoms with Crippen LogP contribution < -0.4 is 24.4 Å². The van der Waals surface area contributed by atoms with E-state index in [1.807, 2.05) is 6.92 Å². The van der Waals surface area contributed by atoms with Crippen LogP contribution in [-0.4, -0.2) is 52.6 Å². The Morgan fingerprint density at radius 2 is 1.65 bits per heavy atom. The topological polar surface area (TPSA) is 105 Å². The Balaban J connectivity index is 1.88. The Hall–Kier alpha value is -3.75. The second-order valence-electron chi connectivity index (χ2n) is 6.20. The average Bonchev–Trinajstić information content (AvgIpc) is 2.80. The number of carbonyl (C=O) groups is 2. The van der Waals surface area contributed by atoms with E-state index in [1.54, 1.807) is 36.4 Å². The van der Waals surface area contributed by atoms with E-state index in [-0.39, 0.29) is 6.61 Å². The number of esters is 1. The summed E-state index contributed by atoms with van der Waals surface area (Å²) >= 11 is 0. The maximum Gasteiger partial charge on any atom is 0.338 e. The lowest BCUT2D eigenvalue weighted by Crippen LogP contribution is -2.24. The molecule has 0 aliphatic rings. The lowest BCUT2D eigenvalue weighted by Gasteiger charge is -2.12. The minimum atomic E-state index is -0.449. The molecule has 0 aliphatic heterocycles. The smallest absolute Gasteiger partial charge is 0.338 e. The highest BCUT2D eigenvalue weighted by Gasteiger charge is 2.12. The first-order valence-electron chi connectivity index (χ1n) is 9.54. The van der Waals surface area contributed by atoms with Gasteiger partial charge in [-0.2, -0.15) is 5.10 Å². The molecule has 9 nitrogen and oxygen atoms in total. The minimum Gasteiger partial charge on any atom is -0.493 e. The molecule has 0 heterocycles. The van der Waals surface area contributed by atoms with Crippen molar-refractivity contribution in [2.45, 2.75) is 13.3 Å². The van der Waals surface area contributed by atoms with Gasteiger partial charge in [0.25, 0.3) is 5.91 Å². The number of benzene rings is 2. The van der Waals surface area contributed by atoms with Crippen molar-refractivity contribution in [3.63, 3.8) is 0 Å². The fourth-order valence-corrected chi connectivity index (χ4v) is 2.50. The molecular weight excluding hydrogens is 404 g/mol. The summed E-state index contributed by atoms with van der Waals surface area (Å²) in [6.45, 7) is 2.05. The summed E-state index contributed by atoms with van der Waals surface area (Å²) in [7, 11) is 4.54. The lowest BCUT2D eigenvalue weighted by atomic mass is 10.2. The van der Waals surface area contributed by atoms with Gasteiger partial charge in [0.05, 0.1) is 39.7 Å². The number of hydrogen-bond donors (Lipinski definition) is 1. The molecule has 0 aromatic heterocycles. The number of nitrogens with zero attached hydrogens (tertiary/aromatic N) is 1. The van der Waals surface area contributed by atoms with Gasteiger partial charge in [0.1, 0.15) is 5.75 Å². The highest BCUT2D eigenvalue weighted by molar-refractivity contribution is 5.89. The van der Waals surface area contributed by atoms with E-state index in [9.17, 15) is 9.59 Å². The van der Waals surface area contributed by atoms with Gasteiger partial charge in [0.2, 0.25) is 5.75 Å². The van der Waals surface area contributed by atoms with Crippen molar-refractivity contribution in [3.8, 4) is 23.0 Å². The fraction of sp³-hybridized carbons (Fsp3) is 0.318. The molecule has 0 aliphatic carbocycles. The predicted octanol–water partition coefficient (Wildman–Crippen LogP) is 2.81. The fourth-order valence-electron chi connectivity index (χ4n) is 2.50. The summed E-state index contributed by atoms with van der Waals surface area (Å²) in [5, 5.41) is 3.91. The molecule has 0 saturated carbocycles. The third-order valence-electron chi connectivity index (χ3n) is 3.99. The quantitative estimate of drug-likeness (QED) is 0.332. The first kappa shape index (κ1) is 23.5. The Labute approximate surface area is 180 Å².